The number of thiophene rings is 1. The largest absolute Gasteiger partial charge is 0.355 e. The standard InChI is InChI=1S/C21H24ClN5S/c1-13-12-28-19-18(13)25-21(22)26-20(19)27-8-4-16(5-9-27)24-11-15-10-17(15)14-2-6-23-7-3-14/h2-3,6-7,12,15-17,24H,4-5,8-11H2,1H3. The Hall–Kier alpha value is -1.76. The van der Waals surface area contributed by atoms with Gasteiger partial charge in [0.2, 0.25) is 5.28 Å². The third-order valence-corrected chi connectivity index (χ3v) is 7.32. The lowest BCUT2D eigenvalue weighted by Gasteiger charge is -2.33. The summed E-state index contributed by atoms with van der Waals surface area (Å²) in [7, 11) is 0. The molecule has 2 unspecified atom stereocenters. The van der Waals surface area contributed by atoms with Gasteiger partial charge in [-0.3, -0.25) is 4.98 Å². The predicted octanol–water partition coefficient (Wildman–Crippen LogP) is 4.41. The molecule has 1 saturated carbocycles. The summed E-state index contributed by atoms with van der Waals surface area (Å²) < 4.78 is 1.16. The van der Waals surface area contributed by atoms with Crippen molar-refractivity contribution in [1.82, 2.24) is 20.3 Å². The molecule has 28 heavy (non-hydrogen) atoms. The van der Waals surface area contributed by atoms with E-state index >= 15 is 0 Å². The SMILES string of the molecule is Cc1csc2c(N3CCC(NCC4CC4c4ccncc4)CC3)nc(Cl)nc12. The minimum Gasteiger partial charge on any atom is -0.355 e. The number of pyridine rings is 1. The van der Waals surface area contributed by atoms with Gasteiger partial charge in [0.15, 0.2) is 5.82 Å². The first-order valence-corrected chi connectivity index (χ1v) is 11.2. The van der Waals surface area contributed by atoms with Crippen LogP contribution >= 0.6 is 22.9 Å². The number of anilines is 1. The van der Waals surface area contributed by atoms with E-state index in [0.717, 1.165) is 54.4 Å². The minimum absolute atomic E-state index is 0.347. The van der Waals surface area contributed by atoms with Crippen LogP contribution in [0.4, 0.5) is 5.82 Å². The lowest BCUT2D eigenvalue weighted by atomic mass is 10.0. The second-order valence-corrected chi connectivity index (χ2v) is 9.18. The number of fused-ring (bicyclic) bond motifs is 1. The normalized spacial score (nSPS) is 22.7. The highest BCUT2D eigenvalue weighted by molar-refractivity contribution is 7.18. The summed E-state index contributed by atoms with van der Waals surface area (Å²) in [4.78, 5) is 15.5. The fourth-order valence-corrected chi connectivity index (χ4v) is 5.48. The van der Waals surface area contributed by atoms with E-state index < -0.39 is 0 Å². The molecule has 1 saturated heterocycles. The Bertz CT molecular complexity index is 968. The number of nitrogens with one attached hydrogen (secondary N) is 1. The molecule has 0 bridgehead atoms. The van der Waals surface area contributed by atoms with Gasteiger partial charge in [-0.1, -0.05) is 0 Å². The molecule has 0 spiro atoms. The molecule has 1 N–H and O–H groups in total. The van der Waals surface area contributed by atoms with Crippen molar-refractivity contribution < 1.29 is 0 Å². The van der Waals surface area contributed by atoms with Crippen molar-refractivity contribution >= 4 is 39.0 Å². The van der Waals surface area contributed by atoms with E-state index in [1.54, 1.807) is 11.3 Å². The third-order valence-electron chi connectivity index (χ3n) is 6.07. The number of aryl methyl sites for hydroxylation is 1. The van der Waals surface area contributed by atoms with Crippen molar-refractivity contribution in [1.29, 1.82) is 0 Å². The second-order valence-electron chi connectivity index (χ2n) is 7.97. The Labute approximate surface area is 174 Å². The van der Waals surface area contributed by atoms with Gasteiger partial charge < -0.3 is 10.2 Å². The molecule has 3 aromatic rings. The van der Waals surface area contributed by atoms with Crippen molar-refractivity contribution in [3.8, 4) is 0 Å². The molecular weight excluding hydrogens is 390 g/mol. The van der Waals surface area contributed by atoms with Crippen LogP contribution in [0.2, 0.25) is 5.28 Å². The maximum atomic E-state index is 6.20. The van der Waals surface area contributed by atoms with E-state index in [1.165, 1.54) is 17.5 Å². The zero-order valence-corrected chi connectivity index (χ0v) is 17.5. The van der Waals surface area contributed by atoms with Crippen LogP contribution in [0.15, 0.2) is 29.9 Å². The maximum Gasteiger partial charge on any atom is 0.224 e. The fourth-order valence-electron chi connectivity index (χ4n) is 4.31. The van der Waals surface area contributed by atoms with Crippen molar-refractivity contribution in [3.05, 3.63) is 46.3 Å². The molecule has 0 radical (unpaired) electrons. The van der Waals surface area contributed by atoms with Gasteiger partial charge in [-0.25, -0.2) is 4.98 Å². The van der Waals surface area contributed by atoms with Crippen LogP contribution in [0.25, 0.3) is 10.2 Å². The summed E-state index contributed by atoms with van der Waals surface area (Å²) in [5.74, 6) is 2.50. The molecule has 7 heteroatoms. The van der Waals surface area contributed by atoms with Crippen LogP contribution in [-0.2, 0) is 0 Å². The molecule has 2 aliphatic rings. The van der Waals surface area contributed by atoms with Crippen LogP contribution in [-0.4, -0.2) is 40.6 Å². The third kappa shape index (κ3) is 3.61. The van der Waals surface area contributed by atoms with Gasteiger partial charge in [-0.15, -0.1) is 11.3 Å². The average Bonchev–Trinajstić information content (AvgIpc) is 3.42. The maximum absolute atomic E-state index is 6.20. The Balaban J connectivity index is 1.17. The van der Waals surface area contributed by atoms with Crippen molar-refractivity contribution in [2.45, 2.75) is 38.1 Å². The molecule has 0 aromatic carbocycles. The summed E-state index contributed by atoms with van der Waals surface area (Å²) in [5.41, 5.74) is 3.61. The summed E-state index contributed by atoms with van der Waals surface area (Å²) in [6.07, 6.45) is 7.38. The topological polar surface area (TPSA) is 53.9 Å². The van der Waals surface area contributed by atoms with Gasteiger partial charge in [0, 0.05) is 31.5 Å². The lowest BCUT2D eigenvalue weighted by Crippen LogP contribution is -2.43. The summed E-state index contributed by atoms with van der Waals surface area (Å²) in [5, 5.41) is 6.30. The van der Waals surface area contributed by atoms with Gasteiger partial charge >= 0.3 is 0 Å². The van der Waals surface area contributed by atoms with Gasteiger partial charge in [0.25, 0.3) is 0 Å². The fraction of sp³-hybridized carbons (Fsp3) is 0.476. The van der Waals surface area contributed by atoms with Crippen LogP contribution < -0.4 is 10.2 Å². The number of halogens is 1. The Morgan fingerprint density at radius 3 is 2.79 bits per heavy atom. The van der Waals surface area contributed by atoms with Crippen LogP contribution in [0.3, 0.4) is 0 Å². The van der Waals surface area contributed by atoms with E-state index in [9.17, 15) is 0 Å². The number of hydrogen-bond donors (Lipinski definition) is 1. The highest BCUT2D eigenvalue weighted by Crippen LogP contribution is 2.46. The Kier molecular flexibility index (Phi) is 4.95. The molecule has 0 amide bonds. The summed E-state index contributed by atoms with van der Waals surface area (Å²) >= 11 is 7.91. The van der Waals surface area contributed by atoms with E-state index in [0.29, 0.717) is 17.2 Å². The number of rotatable bonds is 5. The molecule has 5 rings (SSSR count). The molecule has 1 aliphatic heterocycles. The van der Waals surface area contributed by atoms with E-state index in [2.05, 4.69) is 49.6 Å². The summed E-state index contributed by atoms with van der Waals surface area (Å²) in [6, 6.07) is 4.90. The molecular formula is C21H24ClN5S. The highest BCUT2D eigenvalue weighted by atomic mass is 35.5. The van der Waals surface area contributed by atoms with Gasteiger partial charge in [0.1, 0.15) is 0 Å². The highest BCUT2D eigenvalue weighted by Gasteiger charge is 2.38. The number of aromatic nitrogens is 3. The zero-order valence-electron chi connectivity index (χ0n) is 15.9. The van der Waals surface area contributed by atoms with E-state index in [4.69, 9.17) is 11.6 Å². The second kappa shape index (κ2) is 7.58. The molecule has 146 valence electrons. The van der Waals surface area contributed by atoms with Gasteiger partial charge in [-0.05, 0) is 84.8 Å². The smallest absolute Gasteiger partial charge is 0.224 e. The van der Waals surface area contributed by atoms with Gasteiger partial charge in [0.05, 0.1) is 10.2 Å². The number of piperidine rings is 1. The van der Waals surface area contributed by atoms with E-state index in [-0.39, 0.29) is 0 Å². The van der Waals surface area contributed by atoms with E-state index in [1.807, 2.05) is 12.4 Å². The monoisotopic (exact) mass is 413 g/mol. The van der Waals surface area contributed by atoms with Crippen LogP contribution in [0.5, 0.6) is 0 Å². The number of hydrogen-bond acceptors (Lipinski definition) is 6. The molecule has 5 nitrogen and oxygen atoms in total. The van der Waals surface area contributed by atoms with Crippen LogP contribution in [0, 0.1) is 12.8 Å². The Morgan fingerprint density at radius 1 is 1.21 bits per heavy atom. The van der Waals surface area contributed by atoms with Crippen molar-refractivity contribution in [2.24, 2.45) is 5.92 Å². The zero-order chi connectivity index (χ0) is 19.1. The molecule has 1 aliphatic carbocycles. The molecule has 2 fully saturated rings. The minimum atomic E-state index is 0.347. The first-order chi connectivity index (χ1) is 13.7. The van der Waals surface area contributed by atoms with Crippen molar-refractivity contribution in [2.75, 3.05) is 24.5 Å². The van der Waals surface area contributed by atoms with Crippen molar-refractivity contribution in [3.63, 3.8) is 0 Å². The predicted molar refractivity (Wildman–Crippen MR) is 115 cm³/mol. The van der Waals surface area contributed by atoms with Crippen LogP contribution in [0.1, 0.15) is 36.3 Å². The lowest BCUT2D eigenvalue weighted by molar-refractivity contribution is 0.406. The molecule has 4 heterocycles. The number of nitrogens with zero attached hydrogens (tertiary/aromatic N) is 4. The van der Waals surface area contributed by atoms with Gasteiger partial charge in [-0.2, -0.15) is 4.98 Å². The Morgan fingerprint density at radius 2 is 2.00 bits per heavy atom. The average molecular weight is 414 g/mol. The molecule has 2 atom stereocenters. The summed E-state index contributed by atoms with van der Waals surface area (Å²) in [6.45, 7) is 5.22. The molecule has 3 aromatic heterocycles. The first-order valence-electron chi connectivity index (χ1n) is 9.98. The first kappa shape index (κ1) is 18.3. The quantitative estimate of drug-likeness (QED) is 0.628.